The van der Waals surface area contributed by atoms with Crippen molar-refractivity contribution < 1.29 is 4.43 Å². The van der Waals surface area contributed by atoms with E-state index in [0.717, 1.165) is 6.42 Å². The van der Waals surface area contributed by atoms with Gasteiger partial charge >= 0.3 is 0 Å². The fraction of sp³-hybridized carbons (Fsp3) is 1.00. The van der Waals surface area contributed by atoms with Crippen LogP contribution >= 0.6 is 0 Å². The van der Waals surface area contributed by atoms with E-state index in [-0.39, 0.29) is 6.04 Å². The van der Waals surface area contributed by atoms with Crippen molar-refractivity contribution >= 4 is 15.4 Å². The lowest BCUT2D eigenvalue weighted by molar-refractivity contribution is 0.151. The van der Waals surface area contributed by atoms with Crippen LogP contribution in [0, 0.1) is 0 Å². The summed E-state index contributed by atoms with van der Waals surface area (Å²) in [5.41, 5.74) is 6.18. The Hall–Kier alpha value is 0.354. The lowest BCUT2D eigenvalue weighted by atomic mass is 10.1. The maximum Gasteiger partial charge on any atom is 0.174 e. The van der Waals surface area contributed by atoms with Gasteiger partial charge in [0.05, 0.1) is 13.7 Å². The van der Waals surface area contributed by atoms with Gasteiger partial charge < -0.3 is 10.2 Å². The van der Waals surface area contributed by atoms with Gasteiger partial charge in [-0.2, -0.15) is 0 Å². The van der Waals surface area contributed by atoms with Crippen LogP contribution in [0.1, 0.15) is 26.2 Å². The summed E-state index contributed by atoms with van der Waals surface area (Å²) in [6.45, 7) is 12.0. The molecule has 90 valence electrons. The molecule has 1 fully saturated rings. The molecule has 0 saturated carbocycles. The molecule has 2 unspecified atom stereocenters. The Morgan fingerprint density at radius 2 is 1.93 bits per heavy atom. The van der Waals surface area contributed by atoms with E-state index in [1.165, 1.54) is 18.9 Å². The topological polar surface area (TPSA) is 35.2 Å². The molecule has 0 aromatic heterocycles. The molecule has 0 aromatic carbocycles. The zero-order chi connectivity index (χ0) is 11.7. The van der Waals surface area contributed by atoms with E-state index in [1.807, 2.05) is 0 Å². The maximum absolute atomic E-state index is 6.38. The van der Waals surface area contributed by atoms with Crippen LogP contribution in [0.2, 0.25) is 32.2 Å². The first-order valence-corrected chi connectivity index (χ1v) is 13.3. The van der Waals surface area contributed by atoms with Crippen LogP contribution < -0.4 is 5.73 Å². The highest BCUT2D eigenvalue weighted by Crippen LogP contribution is 2.34. The standard InChI is InChI=1S/C11H27NOSi2/c1-6-7-10(12)11-8-9-14(2,3)15(4,5)13-11/h10-11H,6-9,12H2,1-5H3. The Morgan fingerprint density at radius 1 is 1.33 bits per heavy atom. The quantitative estimate of drug-likeness (QED) is 0.776. The van der Waals surface area contributed by atoms with E-state index in [9.17, 15) is 0 Å². The van der Waals surface area contributed by atoms with Gasteiger partial charge in [-0.15, -0.1) is 0 Å². The van der Waals surface area contributed by atoms with Crippen LogP contribution in [0.3, 0.4) is 0 Å². The minimum atomic E-state index is -1.41. The second-order valence-electron chi connectivity index (χ2n) is 6.04. The Kier molecular flexibility index (Phi) is 4.20. The third-order valence-electron chi connectivity index (χ3n) is 4.23. The second-order valence-corrected chi connectivity index (χ2v) is 21.2. The van der Waals surface area contributed by atoms with Gasteiger partial charge in [0.25, 0.3) is 0 Å². The largest absolute Gasteiger partial charge is 0.416 e. The van der Waals surface area contributed by atoms with Crippen LogP contribution in [0.15, 0.2) is 0 Å². The normalized spacial score (nSPS) is 31.2. The lowest BCUT2D eigenvalue weighted by Gasteiger charge is -2.47. The average Bonchev–Trinajstić information content (AvgIpc) is 2.10. The van der Waals surface area contributed by atoms with Gasteiger partial charge in [0, 0.05) is 6.04 Å². The summed E-state index contributed by atoms with van der Waals surface area (Å²) >= 11 is 0. The molecule has 2 nitrogen and oxygen atoms in total. The number of hydrogen-bond donors (Lipinski definition) is 1. The van der Waals surface area contributed by atoms with Crippen molar-refractivity contribution in [3.8, 4) is 0 Å². The van der Waals surface area contributed by atoms with Crippen LogP contribution in [0.4, 0.5) is 0 Å². The van der Waals surface area contributed by atoms with E-state index < -0.39 is 15.4 Å². The Bertz CT molecular complexity index is 219. The summed E-state index contributed by atoms with van der Waals surface area (Å²) in [5, 5.41) is 0. The summed E-state index contributed by atoms with van der Waals surface area (Å²) in [7, 11) is -2.48. The van der Waals surface area contributed by atoms with Gasteiger partial charge in [0.15, 0.2) is 7.83 Å². The first-order chi connectivity index (χ1) is 6.80. The van der Waals surface area contributed by atoms with Crippen LogP contribution in [0.25, 0.3) is 0 Å². The molecule has 1 aliphatic heterocycles. The van der Waals surface area contributed by atoms with Gasteiger partial charge in [0.2, 0.25) is 0 Å². The third-order valence-corrected chi connectivity index (χ3v) is 20.8. The predicted molar refractivity (Wildman–Crippen MR) is 72.1 cm³/mol. The van der Waals surface area contributed by atoms with Crippen molar-refractivity contribution in [3.63, 3.8) is 0 Å². The maximum atomic E-state index is 6.38. The van der Waals surface area contributed by atoms with Crippen LogP contribution in [0.5, 0.6) is 0 Å². The van der Waals surface area contributed by atoms with Gasteiger partial charge in [-0.3, -0.25) is 0 Å². The van der Waals surface area contributed by atoms with Crippen molar-refractivity contribution in [2.24, 2.45) is 5.73 Å². The lowest BCUT2D eigenvalue weighted by Crippen LogP contribution is -2.63. The summed E-state index contributed by atoms with van der Waals surface area (Å²) in [5.74, 6) is 0. The van der Waals surface area contributed by atoms with Crippen molar-refractivity contribution in [2.45, 2.75) is 70.6 Å². The summed E-state index contributed by atoms with van der Waals surface area (Å²) in [4.78, 5) is 0. The monoisotopic (exact) mass is 245 g/mol. The third kappa shape index (κ3) is 2.93. The van der Waals surface area contributed by atoms with Gasteiger partial charge in [-0.05, 0) is 25.9 Å². The molecule has 0 radical (unpaired) electrons. The number of hydrogen-bond acceptors (Lipinski definition) is 2. The Morgan fingerprint density at radius 3 is 2.40 bits per heavy atom. The van der Waals surface area contributed by atoms with Crippen molar-refractivity contribution in [1.82, 2.24) is 0 Å². The summed E-state index contributed by atoms with van der Waals surface area (Å²) in [6, 6.07) is 1.68. The molecule has 1 heterocycles. The zero-order valence-electron chi connectivity index (χ0n) is 11.0. The van der Waals surface area contributed by atoms with Crippen molar-refractivity contribution in [3.05, 3.63) is 0 Å². The van der Waals surface area contributed by atoms with Gasteiger partial charge in [0.1, 0.15) is 0 Å². The Labute approximate surface area is 96.5 Å². The van der Waals surface area contributed by atoms with E-state index >= 15 is 0 Å². The molecular weight excluding hydrogens is 218 g/mol. The minimum absolute atomic E-state index is 0.270. The first-order valence-electron chi connectivity index (χ1n) is 6.23. The molecule has 0 spiro atoms. The molecule has 1 aliphatic rings. The predicted octanol–water partition coefficient (Wildman–Crippen LogP) is 2.89. The van der Waals surface area contributed by atoms with Crippen LogP contribution in [-0.4, -0.2) is 27.6 Å². The molecule has 4 heteroatoms. The van der Waals surface area contributed by atoms with Crippen molar-refractivity contribution in [2.75, 3.05) is 0 Å². The smallest absolute Gasteiger partial charge is 0.174 e. The highest BCUT2D eigenvalue weighted by atomic mass is 29.3. The molecule has 0 aromatic rings. The SMILES string of the molecule is CCCC(N)C1CC[Si](C)(C)[Si](C)(C)O1. The Balaban J connectivity index is 2.62. The molecular formula is C11H27NOSi2. The molecule has 0 aliphatic carbocycles. The highest BCUT2D eigenvalue weighted by molar-refractivity contribution is 7.38. The zero-order valence-corrected chi connectivity index (χ0v) is 13.0. The molecule has 1 rings (SSSR count). The van der Waals surface area contributed by atoms with Gasteiger partial charge in [-0.25, -0.2) is 0 Å². The molecule has 15 heavy (non-hydrogen) atoms. The summed E-state index contributed by atoms with van der Waals surface area (Å²) < 4.78 is 6.38. The van der Waals surface area contributed by atoms with E-state index in [4.69, 9.17) is 10.2 Å². The highest BCUT2D eigenvalue weighted by Gasteiger charge is 2.48. The average molecular weight is 246 g/mol. The number of rotatable bonds is 3. The first kappa shape index (κ1) is 13.4. The molecule has 2 atom stereocenters. The van der Waals surface area contributed by atoms with E-state index in [2.05, 4.69) is 33.1 Å². The van der Waals surface area contributed by atoms with E-state index in [0.29, 0.717) is 6.10 Å². The molecule has 0 amide bonds. The molecule has 1 saturated heterocycles. The fourth-order valence-corrected chi connectivity index (χ4v) is 8.85. The fourth-order valence-electron chi connectivity index (χ4n) is 2.22. The van der Waals surface area contributed by atoms with Crippen LogP contribution in [-0.2, 0) is 4.43 Å². The second kappa shape index (κ2) is 4.69. The minimum Gasteiger partial charge on any atom is -0.416 e. The van der Waals surface area contributed by atoms with Crippen molar-refractivity contribution in [1.29, 1.82) is 0 Å². The summed E-state index contributed by atoms with van der Waals surface area (Å²) in [6.07, 6.45) is 3.84. The molecule has 0 bridgehead atoms. The van der Waals surface area contributed by atoms with Gasteiger partial charge in [-0.1, -0.05) is 32.5 Å². The van der Waals surface area contributed by atoms with E-state index in [1.54, 1.807) is 0 Å². The molecule has 2 N–H and O–H groups in total. The number of nitrogens with two attached hydrogens (primary N) is 1.